The summed E-state index contributed by atoms with van der Waals surface area (Å²) in [6, 6.07) is 8.88. The van der Waals surface area contributed by atoms with Gasteiger partial charge in [-0.1, -0.05) is 12.1 Å². The van der Waals surface area contributed by atoms with Crippen molar-refractivity contribution in [3.63, 3.8) is 0 Å². The largest absolute Gasteiger partial charge is 0.326 e. The van der Waals surface area contributed by atoms with Crippen molar-refractivity contribution >= 4 is 21.4 Å². The maximum absolute atomic E-state index is 12.7. The van der Waals surface area contributed by atoms with Gasteiger partial charge in [0.2, 0.25) is 10.0 Å². The van der Waals surface area contributed by atoms with Crippen LogP contribution in [0.3, 0.4) is 0 Å². The molecule has 102 valence electrons. The van der Waals surface area contributed by atoms with Gasteiger partial charge in [-0.25, -0.2) is 17.5 Å². The first kappa shape index (κ1) is 14.1. The summed E-state index contributed by atoms with van der Waals surface area (Å²) >= 11 is 1.14. The molecule has 0 aliphatic rings. The Morgan fingerprint density at radius 3 is 2.42 bits per heavy atom. The lowest BCUT2D eigenvalue weighted by atomic mass is 10.2. The SMILES string of the molecule is NCc1ccc(S(=O)(=O)NCc2ccc(F)cc2)s1. The quantitative estimate of drug-likeness (QED) is 0.885. The summed E-state index contributed by atoms with van der Waals surface area (Å²) in [4.78, 5) is 0.808. The predicted octanol–water partition coefficient (Wildman–Crippen LogP) is 1.82. The highest BCUT2D eigenvalue weighted by Gasteiger charge is 2.16. The average molecular weight is 300 g/mol. The highest BCUT2D eigenvalue weighted by Crippen LogP contribution is 2.21. The molecule has 7 heteroatoms. The smallest absolute Gasteiger partial charge is 0.250 e. The van der Waals surface area contributed by atoms with Crippen molar-refractivity contribution < 1.29 is 12.8 Å². The molecule has 0 unspecified atom stereocenters. The molecule has 1 heterocycles. The van der Waals surface area contributed by atoms with Gasteiger partial charge in [-0.2, -0.15) is 0 Å². The average Bonchev–Trinajstić information content (AvgIpc) is 2.88. The molecule has 0 saturated carbocycles. The first-order valence-corrected chi connectivity index (χ1v) is 7.84. The molecule has 19 heavy (non-hydrogen) atoms. The monoisotopic (exact) mass is 300 g/mol. The molecule has 0 atom stereocenters. The van der Waals surface area contributed by atoms with Gasteiger partial charge >= 0.3 is 0 Å². The lowest BCUT2D eigenvalue weighted by Gasteiger charge is -2.04. The number of benzene rings is 1. The van der Waals surface area contributed by atoms with E-state index in [1.807, 2.05) is 0 Å². The fourth-order valence-electron chi connectivity index (χ4n) is 1.46. The van der Waals surface area contributed by atoms with Crippen LogP contribution in [0.1, 0.15) is 10.4 Å². The van der Waals surface area contributed by atoms with E-state index < -0.39 is 10.0 Å². The Morgan fingerprint density at radius 1 is 1.16 bits per heavy atom. The zero-order chi connectivity index (χ0) is 13.9. The van der Waals surface area contributed by atoms with E-state index in [2.05, 4.69) is 4.72 Å². The Bertz CT molecular complexity index is 651. The van der Waals surface area contributed by atoms with E-state index in [0.717, 1.165) is 16.2 Å². The van der Waals surface area contributed by atoms with Gasteiger partial charge in [0.1, 0.15) is 10.0 Å². The molecule has 2 aromatic rings. The van der Waals surface area contributed by atoms with Crippen molar-refractivity contribution in [3.05, 3.63) is 52.7 Å². The number of rotatable bonds is 5. The van der Waals surface area contributed by atoms with E-state index in [0.29, 0.717) is 12.1 Å². The van der Waals surface area contributed by atoms with Gasteiger partial charge in [0, 0.05) is 18.0 Å². The summed E-state index contributed by atoms with van der Waals surface area (Å²) in [6.07, 6.45) is 0. The predicted molar refractivity (Wildman–Crippen MR) is 72.6 cm³/mol. The van der Waals surface area contributed by atoms with Gasteiger partial charge in [0.25, 0.3) is 0 Å². The molecule has 0 fully saturated rings. The molecule has 0 bridgehead atoms. The van der Waals surface area contributed by atoms with Crippen LogP contribution < -0.4 is 10.5 Å². The third-order valence-corrected chi connectivity index (χ3v) is 5.48. The van der Waals surface area contributed by atoms with E-state index >= 15 is 0 Å². The molecule has 0 aliphatic carbocycles. The van der Waals surface area contributed by atoms with Crippen LogP contribution in [0.2, 0.25) is 0 Å². The number of hydrogen-bond acceptors (Lipinski definition) is 4. The fourth-order valence-corrected chi connectivity index (χ4v) is 3.76. The molecular weight excluding hydrogens is 287 g/mol. The summed E-state index contributed by atoms with van der Waals surface area (Å²) in [5, 5.41) is 0. The fraction of sp³-hybridized carbons (Fsp3) is 0.167. The van der Waals surface area contributed by atoms with Crippen LogP contribution in [0.15, 0.2) is 40.6 Å². The summed E-state index contributed by atoms with van der Waals surface area (Å²) in [6.45, 7) is 0.441. The van der Waals surface area contributed by atoms with Crippen LogP contribution in [-0.2, 0) is 23.1 Å². The van der Waals surface area contributed by atoms with Crippen LogP contribution in [0.4, 0.5) is 4.39 Å². The van der Waals surface area contributed by atoms with Gasteiger partial charge in [0.05, 0.1) is 0 Å². The number of nitrogens with one attached hydrogen (secondary N) is 1. The molecule has 0 spiro atoms. The van der Waals surface area contributed by atoms with Gasteiger partial charge in [0.15, 0.2) is 0 Å². The standard InChI is InChI=1S/C12H13FN2O2S2/c13-10-3-1-9(2-4-10)8-15-19(16,17)12-6-5-11(7-14)18-12/h1-6,15H,7-8,14H2. The van der Waals surface area contributed by atoms with Gasteiger partial charge < -0.3 is 5.73 Å². The van der Waals surface area contributed by atoms with Crippen molar-refractivity contribution in [2.24, 2.45) is 5.73 Å². The molecule has 1 aromatic heterocycles. The minimum atomic E-state index is -3.54. The molecule has 0 aliphatic heterocycles. The van der Waals surface area contributed by atoms with Crippen LogP contribution in [0.5, 0.6) is 0 Å². The number of halogens is 1. The Morgan fingerprint density at radius 2 is 1.84 bits per heavy atom. The Balaban J connectivity index is 2.07. The summed E-state index contributed by atoms with van der Waals surface area (Å²) in [5.41, 5.74) is 6.14. The zero-order valence-electron chi connectivity index (χ0n) is 9.97. The number of nitrogens with two attached hydrogens (primary N) is 1. The van der Waals surface area contributed by atoms with Crippen molar-refractivity contribution in [1.29, 1.82) is 0 Å². The molecule has 1 aromatic carbocycles. The summed E-state index contributed by atoms with van der Waals surface area (Å²) < 4.78 is 39.4. The summed E-state index contributed by atoms with van der Waals surface area (Å²) in [7, 11) is -3.54. The lowest BCUT2D eigenvalue weighted by molar-refractivity contribution is 0.583. The van der Waals surface area contributed by atoms with Crippen molar-refractivity contribution in [2.45, 2.75) is 17.3 Å². The van der Waals surface area contributed by atoms with E-state index in [-0.39, 0.29) is 16.6 Å². The second-order valence-electron chi connectivity index (χ2n) is 3.88. The Labute approximate surface area is 115 Å². The molecule has 3 N–H and O–H groups in total. The van der Waals surface area contributed by atoms with E-state index in [9.17, 15) is 12.8 Å². The maximum atomic E-state index is 12.7. The maximum Gasteiger partial charge on any atom is 0.250 e. The van der Waals surface area contributed by atoms with E-state index in [1.54, 1.807) is 6.07 Å². The van der Waals surface area contributed by atoms with Crippen LogP contribution in [0.25, 0.3) is 0 Å². The minimum Gasteiger partial charge on any atom is -0.326 e. The van der Waals surface area contributed by atoms with E-state index in [4.69, 9.17) is 5.73 Å². The second-order valence-corrected chi connectivity index (χ2v) is 7.04. The van der Waals surface area contributed by atoms with Crippen LogP contribution >= 0.6 is 11.3 Å². The highest BCUT2D eigenvalue weighted by molar-refractivity contribution is 7.91. The van der Waals surface area contributed by atoms with Gasteiger partial charge in [-0.15, -0.1) is 11.3 Å². The lowest BCUT2D eigenvalue weighted by Crippen LogP contribution is -2.22. The topological polar surface area (TPSA) is 72.2 Å². The number of sulfonamides is 1. The Kier molecular flexibility index (Phi) is 4.31. The van der Waals surface area contributed by atoms with Crippen molar-refractivity contribution in [2.75, 3.05) is 0 Å². The first-order valence-electron chi connectivity index (χ1n) is 5.54. The second kappa shape index (κ2) is 5.79. The van der Waals surface area contributed by atoms with Crippen LogP contribution in [-0.4, -0.2) is 8.42 Å². The van der Waals surface area contributed by atoms with Gasteiger partial charge in [-0.3, -0.25) is 0 Å². The normalized spacial score (nSPS) is 11.7. The van der Waals surface area contributed by atoms with Crippen LogP contribution in [0, 0.1) is 5.82 Å². The zero-order valence-corrected chi connectivity index (χ0v) is 11.6. The molecule has 0 radical (unpaired) electrons. The Hall–Kier alpha value is -1.28. The molecule has 2 rings (SSSR count). The van der Waals surface area contributed by atoms with Crippen molar-refractivity contribution in [3.8, 4) is 0 Å². The molecule has 0 saturated heterocycles. The molecular formula is C12H13FN2O2S2. The number of hydrogen-bond donors (Lipinski definition) is 2. The summed E-state index contributed by atoms with van der Waals surface area (Å²) in [5.74, 6) is -0.350. The highest BCUT2D eigenvalue weighted by atomic mass is 32.2. The van der Waals surface area contributed by atoms with Gasteiger partial charge in [-0.05, 0) is 29.8 Å². The minimum absolute atomic E-state index is 0.123. The first-order chi connectivity index (χ1) is 9.01. The number of thiophene rings is 1. The van der Waals surface area contributed by atoms with E-state index in [1.165, 1.54) is 30.3 Å². The third-order valence-electron chi connectivity index (χ3n) is 2.48. The third kappa shape index (κ3) is 3.60. The molecule has 4 nitrogen and oxygen atoms in total. The van der Waals surface area contributed by atoms with Crippen molar-refractivity contribution in [1.82, 2.24) is 4.72 Å². The molecule has 0 amide bonds.